The number of nitro groups is 1. The second-order valence-corrected chi connectivity index (χ2v) is 4.77. The second kappa shape index (κ2) is 7.68. The van der Waals surface area contributed by atoms with Gasteiger partial charge in [0.05, 0.1) is 11.0 Å². The van der Waals surface area contributed by atoms with Crippen molar-refractivity contribution >= 4 is 11.6 Å². The Morgan fingerprint density at radius 2 is 2.05 bits per heavy atom. The first-order valence-electron chi connectivity index (χ1n) is 6.80. The number of amides is 1. The highest BCUT2D eigenvalue weighted by Gasteiger charge is 2.22. The standard InChI is InChI=1S/C14H19FN2O4/c1-3-9(4-2)13(18)8-16-14(19)11-7-10(15)5-6-12(11)17(20)21/h5-7,9,13,18H,3-4,8H2,1-2H3,(H,16,19)/t13-/m1/s1. The number of nitrogens with zero attached hydrogens (tertiary/aromatic N) is 1. The van der Waals surface area contributed by atoms with Crippen LogP contribution in [0.15, 0.2) is 18.2 Å². The molecule has 1 aromatic carbocycles. The van der Waals surface area contributed by atoms with Crippen molar-refractivity contribution in [1.29, 1.82) is 0 Å². The van der Waals surface area contributed by atoms with Gasteiger partial charge >= 0.3 is 0 Å². The van der Waals surface area contributed by atoms with Crippen LogP contribution in [0.2, 0.25) is 0 Å². The maximum atomic E-state index is 13.2. The Labute approximate surface area is 122 Å². The predicted octanol–water partition coefficient (Wildman–Crippen LogP) is 2.26. The summed E-state index contributed by atoms with van der Waals surface area (Å²) in [5.41, 5.74) is -0.817. The van der Waals surface area contributed by atoms with Gasteiger partial charge in [-0.1, -0.05) is 26.7 Å². The molecule has 0 aromatic heterocycles. The molecule has 21 heavy (non-hydrogen) atoms. The Hall–Kier alpha value is -2.02. The number of nitrogens with one attached hydrogen (secondary N) is 1. The van der Waals surface area contributed by atoms with Gasteiger partial charge in [-0.05, 0) is 18.1 Å². The Morgan fingerprint density at radius 3 is 2.57 bits per heavy atom. The molecule has 0 spiro atoms. The fraction of sp³-hybridized carbons (Fsp3) is 0.500. The SMILES string of the molecule is CCC(CC)[C@H](O)CNC(=O)c1cc(F)ccc1[N+](=O)[O-]. The van der Waals surface area contributed by atoms with E-state index in [4.69, 9.17) is 0 Å². The Morgan fingerprint density at radius 1 is 1.43 bits per heavy atom. The normalized spacial score (nSPS) is 12.2. The average molecular weight is 298 g/mol. The van der Waals surface area contributed by atoms with Crippen LogP contribution in [-0.2, 0) is 0 Å². The van der Waals surface area contributed by atoms with Crippen molar-refractivity contribution in [3.8, 4) is 0 Å². The van der Waals surface area contributed by atoms with E-state index in [1.54, 1.807) is 0 Å². The topological polar surface area (TPSA) is 92.5 Å². The first-order valence-corrected chi connectivity index (χ1v) is 6.80. The van der Waals surface area contributed by atoms with Crippen LogP contribution >= 0.6 is 0 Å². The smallest absolute Gasteiger partial charge is 0.282 e. The first-order chi connectivity index (χ1) is 9.90. The van der Waals surface area contributed by atoms with E-state index in [1.165, 1.54) is 0 Å². The molecule has 7 heteroatoms. The summed E-state index contributed by atoms with van der Waals surface area (Å²) < 4.78 is 13.2. The lowest BCUT2D eigenvalue weighted by atomic mass is 9.96. The van der Waals surface area contributed by atoms with Gasteiger partial charge < -0.3 is 10.4 Å². The zero-order valence-corrected chi connectivity index (χ0v) is 12.0. The van der Waals surface area contributed by atoms with Gasteiger partial charge in [-0.3, -0.25) is 14.9 Å². The number of halogens is 1. The van der Waals surface area contributed by atoms with Crippen LogP contribution in [0.5, 0.6) is 0 Å². The number of rotatable bonds is 7. The molecule has 116 valence electrons. The molecule has 0 bridgehead atoms. The van der Waals surface area contributed by atoms with E-state index in [9.17, 15) is 24.4 Å². The summed E-state index contributed by atoms with van der Waals surface area (Å²) >= 11 is 0. The van der Waals surface area contributed by atoms with E-state index in [0.717, 1.165) is 31.0 Å². The molecule has 2 N–H and O–H groups in total. The lowest BCUT2D eigenvalue weighted by Crippen LogP contribution is -2.36. The summed E-state index contributed by atoms with van der Waals surface area (Å²) in [5, 5.41) is 23.2. The molecule has 0 saturated heterocycles. The summed E-state index contributed by atoms with van der Waals surface area (Å²) in [4.78, 5) is 22.0. The molecule has 0 heterocycles. The Bertz CT molecular complexity index is 518. The van der Waals surface area contributed by atoms with Gasteiger partial charge in [-0.25, -0.2) is 4.39 Å². The minimum absolute atomic E-state index is 0.0289. The van der Waals surface area contributed by atoms with Gasteiger partial charge in [0, 0.05) is 12.6 Å². The molecular weight excluding hydrogens is 279 g/mol. The maximum Gasteiger partial charge on any atom is 0.282 e. The molecule has 1 atom stereocenters. The van der Waals surface area contributed by atoms with E-state index in [-0.39, 0.29) is 18.0 Å². The largest absolute Gasteiger partial charge is 0.391 e. The molecule has 1 rings (SSSR count). The summed E-state index contributed by atoms with van der Waals surface area (Å²) in [5.74, 6) is -1.47. The van der Waals surface area contributed by atoms with Gasteiger partial charge in [0.25, 0.3) is 11.6 Å². The fourth-order valence-corrected chi connectivity index (χ4v) is 2.14. The lowest BCUT2D eigenvalue weighted by Gasteiger charge is -2.20. The van der Waals surface area contributed by atoms with E-state index in [1.807, 2.05) is 13.8 Å². The van der Waals surface area contributed by atoms with Gasteiger partial charge in [0.15, 0.2) is 0 Å². The minimum Gasteiger partial charge on any atom is -0.391 e. The van der Waals surface area contributed by atoms with Crippen LogP contribution in [0, 0.1) is 21.8 Å². The third-order valence-electron chi connectivity index (χ3n) is 3.46. The van der Waals surface area contributed by atoms with Crippen LogP contribution in [0.4, 0.5) is 10.1 Å². The predicted molar refractivity (Wildman–Crippen MR) is 75.5 cm³/mol. The molecule has 0 aliphatic heterocycles. The molecule has 0 radical (unpaired) electrons. The molecule has 0 fully saturated rings. The highest BCUT2D eigenvalue weighted by atomic mass is 19.1. The summed E-state index contributed by atoms with van der Waals surface area (Å²) in [6, 6.07) is 2.69. The van der Waals surface area contributed by atoms with Crippen molar-refractivity contribution in [2.24, 2.45) is 5.92 Å². The number of hydrogen-bond donors (Lipinski definition) is 2. The number of hydrogen-bond acceptors (Lipinski definition) is 4. The zero-order chi connectivity index (χ0) is 16.0. The van der Waals surface area contributed by atoms with Crippen LogP contribution in [0.1, 0.15) is 37.0 Å². The quantitative estimate of drug-likeness (QED) is 0.596. The Kier molecular flexibility index (Phi) is 6.23. The molecule has 0 unspecified atom stereocenters. The van der Waals surface area contributed by atoms with Crippen molar-refractivity contribution in [3.63, 3.8) is 0 Å². The van der Waals surface area contributed by atoms with E-state index in [0.29, 0.717) is 0 Å². The molecule has 0 saturated carbocycles. The molecule has 0 aliphatic rings. The van der Waals surface area contributed by atoms with Crippen molar-refractivity contribution < 1.29 is 19.2 Å². The number of carbonyl (C=O) groups excluding carboxylic acids is 1. The highest BCUT2D eigenvalue weighted by molar-refractivity contribution is 5.98. The molecule has 1 amide bonds. The second-order valence-electron chi connectivity index (χ2n) is 4.77. The third-order valence-corrected chi connectivity index (χ3v) is 3.46. The Balaban J connectivity index is 2.80. The van der Waals surface area contributed by atoms with E-state index < -0.39 is 28.4 Å². The van der Waals surface area contributed by atoms with Crippen LogP contribution in [0.25, 0.3) is 0 Å². The van der Waals surface area contributed by atoms with Crippen LogP contribution in [0.3, 0.4) is 0 Å². The lowest BCUT2D eigenvalue weighted by molar-refractivity contribution is -0.385. The summed E-state index contributed by atoms with van der Waals surface area (Å²) in [6.07, 6.45) is 0.776. The maximum absolute atomic E-state index is 13.2. The van der Waals surface area contributed by atoms with Gasteiger partial charge in [-0.2, -0.15) is 0 Å². The number of nitro benzene ring substituents is 1. The number of aliphatic hydroxyl groups is 1. The van der Waals surface area contributed by atoms with Crippen molar-refractivity contribution in [2.45, 2.75) is 32.8 Å². The van der Waals surface area contributed by atoms with Gasteiger partial charge in [0.2, 0.25) is 0 Å². The number of aliphatic hydroxyl groups excluding tert-OH is 1. The number of carbonyl (C=O) groups is 1. The minimum atomic E-state index is -0.772. The van der Waals surface area contributed by atoms with Crippen LogP contribution < -0.4 is 5.32 Å². The summed E-state index contributed by atoms with van der Waals surface area (Å²) in [6.45, 7) is 3.83. The fourth-order valence-electron chi connectivity index (χ4n) is 2.14. The van der Waals surface area contributed by atoms with Crippen molar-refractivity contribution in [1.82, 2.24) is 5.32 Å². The average Bonchev–Trinajstić information content (AvgIpc) is 2.45. The van der Waals surface area contributed by atoms with E-state index in [2.05, 4.69) is 5.32 Å². The number of benzene rings is 1. The third kappa shape index (κ3) is 4.49. The van der Waals surface area contributed by atoms with Crippen molar-refractivity contribution in [2.75, 3.05) is 6.54 Å². The first kappa shape index (κ1) is 17.0. The monoisotopic (exact) mass is 298 g/mol. The molecule has 1 aromatic rings. The van der Waals surface area contributed by atoms with Gasteiger partial charge in [-0.15, -0.1) is 0 Å². The highest BCUT2D eigenvalue weighted by Crippen LogP contribution is 2.19. The molecule has 6 nitrogen and oxygen atoms in total. The zero-order valence-electron chi connectivity index (χ0n) is 12.0. The summed E-state index contributed by atoms with van der Waals surface area (Å²) in [7, 11) is 0. The van der Waals surface area contributed by atoms with E-state index >= 15 is 0 Å². The molecule has 0 aliphatic carbocycles. The van der Waals surface area contributed by atoms with Crippen LogP contribution in [-0.4, -0.2) is 28.6 Å². The molecular formula is C14H19FN2O4. The van der Waals surface area contributed by atoms with Crippen molar-refractivity contribution in [3.05, 3.63) is 39.7 Å². The van der Waals surface area contributed by atoms with Gasteiger partial charge in [0.1, 0.15) is 11.4 Å².